The largest absolute Gasteiger partial charge is 0.387 e. The Kier molecular flexibility index (Phi) is 6.06. The number of carbonyl (C=O) groups excluding carboxylic acids is 1. The molecule has 1 atom stereocenters. The molecule has 3 rings (SSSR count). The van der Waals surface area contributed by atoms with Gasteiger partial charge in [-0.3, -0.25) is 4.79 Å². The summed E-state index contributed by atoms with van der Waals surface area (Å²) in [5.74, 6) is 0.0822. The minimum atomic E-state index is -0.789. The summed E-state index contributed by atoms with van der Waals surface area (Å²) >= 11 is 0. The number of carbonyl (C=O) groups is 1. The van der Waals surface area contributed by atoms with Gasteiger partial charge in [0.05, 0.1) is 11.0 Å². The van der Waals surface area contributed by atoms with Gasteiger partial charge in [0.15, 0.2) is 0 Å². The fourth-order valence-electron chi connectivity index (χ4n) is 3.85. The second-order valence-corrected chi connectivity index (χ2v) is 6.84. The molecule has 1 amide bonds. The number of β-amino-alcohol motifs (C(OH)–C–C–N with tert-alkyl or cyclic N) is 1. The number of hydrogen-bond acceptors (Lipinski definition) is 3. The zero-order chi connectivity index (χ0) is 15.5. The van der Waals surface area contributed by atoms with Gasteiger partial charge in [-0.25, -0.2) is 0 Å². The molecule has 0 radical (unpaired) electrons. The molecule has 2 fully saturated rings. The number of halogens is 1. The van der Waals surface area contributed by atoms with Crippen molar-refractivity contribution in [3.05, 3.63) is 35.9 Å². The van der Waals surface area contributed by atoms with Crippen LogP contribution in [0.4, 0.5) is 0 Å². The van der Waals surface area contributed by atoms with Crippen LogP contribution >= 0.6 is 12.4 Å². The smallest absolute Gasteiger partial charge is 0.230 e. The van der Waals surface area contributed by atoms with Gasteiger partial charge in [-0.1, -0.05) is 49.6 Å². The van der Waals surface area contributed by atoms with E-state index in [0.29, 0.717) is 19.5 Å². The lowest BCUT2D eigenvalue weighted by Crippen LogP contribution is -2.51. The van der Waals surface area contributed by atoms with Crippen molar-refractivity contribution in [2.24, 2.45) is 0 Å². The van der Waals surface area contributed by atoms with Gasteiger partial charge in [-0.05, 0) is 31.4 Å². The van der Waals surface area contributed by atoms with Crippen molar-refractivity contribution in [2.45, 2.75) is 49.5 Å². The maximum Gasteiger partial charge on any atom is 0.230 e. The first-order valence-corrected chi connectivity index (χ1v) is 8.42. The number of rotatable bonds is 4. The molecule has 2 aliphatic rings. The van der Waals surface area contributed by atoms with E-state index in [1.54, 1.807) is 0 Å². The fourth-order valence-corrected chi connectivity index (χ4v) is 3.85. The summed E-state index contributed by atoms with van der Waals surface area (Å²) in [7, 11) is 0. The molecular weight excluding hydrogens is 312 g/mol. The predicted molar refractivity (Wildman–Crippen MR) is 93.9 cm³/mol. The van der Waals surface area contributed by atoms with Crippen molar-refractivity contribution in [3.8, 4) is 0 Å². The maximum atomic E-state index is 13.0. The molecule has 1 aromatic carbocycles. The third kappa shape index (κ3) is 3.87. The normalized spacial score (nSPS) is 26.3. The first-order chi connectivity index (χ1) is 10.6. The summed E-state index contributed by atoms with van der Waals surface area (Å²) in [5.41, 5.74) is -0.0897. The van der Waals surface area contributed by atoms with Crippen LogP contribution in [0.25, 0.3) is 0 Å². The highest BCUT2D eigenvalue weighted by molar-refractivity contribution is 5.88. The zero-order valence-corrected chi connectivity index (χ0v) is 14.3. The molecule has 1 aromatic rings. The Bertz CT molecular complexity index is 509. The van der Waals surface area contributed by atoms with Gasteiger partial charge in [0, 0.05) is 13.1 Å². The molecule has 1 saturated heterocycles. The van der Waals surface area contributed by atoms with E-state index in [-0.39, 0.29) is 18.3 Å². The Balaban J connectivity index is 0.00000192. The van der Waals surface area contributed by atoms with Crippen molar-refractivity contribution >= 4 is 18.3 Å². The minimum absolute atomic E-state index is 0. The van der Waals surface area contributed by atoms with Crippen molar-refractivity contribution in [1.29, 1.82) is 0 Å². The number of benzene rings is 1. The highest BCUT2D eigenvalue weighted by Crippen LogP contribution is 2.39. The predicted octanol–water partition coefficient (Wildman–Crippen LogP) is 2.15. The standard InChI is InChI=1S/C18H26N2O2.ClH/c21-16(20-14-17(22)11-12-19-13-17)18(9-5-2-6-10-18)15-7-3-1-4-8-15;/h1,3-4,7-8,19,22H,2,5-6,9-14H2,(H,20,21);1H. The van der Waals surface area contributed by atoms with Gasteiger partial charge in [-0.15, -0.1) is 12.4 Å². The SMILES string of the molecule is Cl.O=C(NCC1(O)CCNC1)C1(c2ccccc2)CCCCC1. The van der Waals surface area contributed by atoms with Crippen LogP contribution in [-0.2, 0) is 10.2 Å². The first kappa shape index (κ1) is 18.2. The lowest BCUT2D eigenvalue weighted by Gasteiger charge is -2.37. The van der Waals surface area contributed by atoms with Gasteiger partial charge < -0.3 is 15.7 Å². The first-order valence-electron chi connectivity index (χ1n) is 8.42. The Morgan fingerprint density at radius 2 is 1.83 bits per heavy atom. The van der Waals surface area contributed by atoms with Crippen LogP contribution in [-0.4, -0.2) is 36.2 Å². The maximum absolute atomic E-state index is 13.0. The molecule has 0 bridgehead atoms. The highest BCUT2D eigenvalue weighted by atomic mass is 35.5. The Morgan fingerprint density at radius 3 is 2.43 bits per heavy atom. The molecule has 0 spiro atoms. The molecule has 4 nitrogen and oxygen atoms in total. The topological polar surface area (TPSA) is 61.4 Å². The lowest BCUT2D eigenvalue weighted by atomic mass is 9.68. The molecule has 23 heavy (non-hydrogen) atoms. The Morgan fingerprint density at radius 1 is 1.13 bits per heavy atom. The zero-order valence-electron chi connectivity index (χ0n) is 13.5. The molecular formula is C18H27ClN2O2. The Hall–Kier alpha value is -1.10. The number of hydrogen-bond donors (Lipinski definition) is 3. The van der Waals surface area contributed by atoms with Crippen LogP contribution in [0.1, 0.15) is 44.1 Å². The van der Waals surface area contributed by atoms with Crippen molar-refractivity contribution in [1.82, 2.24) is 10.6 Å². The van der Waals surface area contributed by atoms with E-state index in [4.69, 9.17) is 0 Å². The molecule has 1 unspecified atom stereocenters. The number of aliphatic hydroxyl groups is 1. The van der Waals surface area contributed by atoms with Crippen LogP contribution in [0.2, 0.25) is 0 Å². The van der Waals surface area contributed by atoms with E-state index in [9.17, 15) is 9.90 Å². The summed E-state index contributed by atoms with van der Waals surface area (Å²) in [6, 6.07) is 10.1. The molecule has 3 N–H and O–H groups in total. The van der Waals surface area contributed by atoms with E-state index in [1.807, 2.05) is 18.2 Å². The lowest BCUT2D eigenvalue weighted by molar-refractivity contribution is -0.129. The third-order valence-corrected chi connectivity index (χ3v) is 5.27. The average Bonchev–Trinajstić information content (AvgIpc) is 3.01. The minimum Gasteiger partial charge on any atom is -0.387 e. The van der Waals surface area contributed by atoms with Crippen molar-refractivity contribution < 1.29 is 9.90 Å². The monoisotopic (exact) mass is 338 g/mol. The summed E-state index contributed by atoms with van der Waals surface area (Å²) < 4.78 is 0. The second-order valence-electron chi connectivity index (χ2n) is 6.84. The van der Waals surface area contributed by atoms with E-state index < -0.39 is 11.0 Å². The number of amides is 1. The van der Waals surface area contributed by atoms with Gasteiger partial charge in [0.1, 0.15) is 0 Å². The third-order valence-electron chi connectivity index (χ3n) is 5.27. The summed E-state index contributed by atoms with van der Waals surface area (Å²) in [5, 5.41) is 16.6. The van der Waals surface area contributed by atoms with Crippen LogP contribution in [0, 0.1) is 0 Å². The fraction of sp³-hybridized carbons (Fsp3) is 0.611. The van der Waals surface area contributed by atoms with E-state index in [2.05, 4.69) is 22.8 Å². The molecule has 5 heteroatoms. The van der Waals surface area contributed by atoms with Crippen LogP contribution < -0.4 is 10.6 Å². The summed E-state index contributed by atoms with van der Waals surface area (Å²) in [6.45, 7) is 1.72. The second kappa shape index (κ2) is 7.65. The molecule has 1 saturated carbocycles. The van der Waals surface area contributed by atoms with Crippen LogP contribution in [0.5, 0.6) is 0 Å². The average molecular weight is 339 g/mol. The summed E-state index contributed by atoms with van der Waals surface area (Å²) in [6.07, 6.45) is 5.89. The quantitative estimate of drug-likeness (QED) is 0.788. The van der Waals surface area contributed by atoms with Gasteiger partial charge in [-0.2, -0.15) is 0 Å². The van der Waals surface area contributed by atoms with Gasteiger partial charge >= 0.3 is 0 Å². The molecule has 0 aromatic heterocycles. The highest BCUT2D eigenvalue weighted by Gasteiger charge is 2.42. The van der Waals surface area contributed by atoms with E-state index in [1.165, 1.54) is 6.42 Å². The molecule has 128 valence electrons. The van der Waals surface area contributed by atoms with E-state index >= 15 is 0 Å². The van der Waals surface area contributed by atoms with Gasteiger partial charge in [0.2, 0.25) is 5.91 Å². The number of nitrogens with one attached hydrogen (secondary N) is 2. The van der Waals surface area contributed by atoms with Crippen LogP contribution in [0.3, 0.4) is 0 Å². The molecule has 1 aliphatic heterocycles. The molecule has 1 heterocycles. The Labute approximate surface area is 144 Å². The van der Waals surface area contributed by atoms with Gasteiger partial charge in [0.25, 0.3) is 0 Å². The van der Waals surface area contributed by atoms with Crippen LogP contribution in [0.15, 0.2) is 30.3 Å². The molecule has 1 aliphatic carbocycles. The van der Waals surface area contributed by atoms with Crippen molar-refractivity contribution in [2.75, 3.05) is 19.6 Å². The van der Waals surface area contributed by atoms with E-state index in [0.717, 1.165) is 37.8 Å². The van der Waals surface area contributed by atoms with Crippen molar-refractivity contribution in [3.63, 3.8) is 0 Å². The summed E-state index contributed by atoms with van der Waals surface area (Å²) in [4.78, 5) is 13.0.